The number of fused-ring (bicyclic) bond motifs is 1. The van der Waals surface area contributed by atoms with Crippen molar-refractivity contribution in [3.8, 4) is 11.4 Å². The topological polar surface area (TPSA) is 43.1 Å². The highest BCUT2D eigenvalue weighted by atomic mass is 35.5. The van der Waals surface area contributed by atoms with Gasteiger partial charge in [0.25, 0.3) is 0 Å². The van der Waals surface area contributed by atoms with E-state index in [1.807, 2.05) is 30.3 Å². The lowest BCUT2D eigenvalue weighted by Crippen LogP contribution is -1.94. The minimum Gasteiger partial charge on any atom is -0.191 e. The van der Waals surface area contributed by atoms with Crippen molar-refractivity contribution in [1.29, 1.82) is 0 Å². The summed E-state index contributed by atoms with van der Waals surface area (Å²) in [6.45, 7) is 0. The van der Waals surface area contributed by atoms with Gasteiger partial charge >= 0.3 is 0 Å². The van der Waals surface area contributed by atoms with Gasteiger partial charge in [-0.2, -0.15) is 9.61 Å². The fraction of sp³-hybridized carbons (Fsp3) is 0. The highest BCUT2D eigenvalue weighted by molar-refractivity contribution is 6.29. The number of benzene rings is 1. The second kappa shape index (κ2) is 3.57. The summed E-state index contributed by atoms with van der Waals surface area (Å²) < 4.78 is 1.61. The molecule has 3 aromatic rings. The maximum Gasteiger partial charge on any atom is 0.185 e. The summed E-state index contributed by atoms with van der Waals surface area (Å²) in [5, 5.41) is 12.5. The third-order valence-corrected chi connectivity index (χ3v) is 2.39. The molecule has 0 N–H and O–H groups in total. The summed E-state index contributed by atoms with van der Waals surface area (Å²) in [5.74, 6) is 0.673. The third kappa shape index (κ3) is 1.44. The van der Waals surface area contributed by atoms with Crippen LogP contribution in [-0.4, -0.2) is 19.8 Å². The molecule has 0 amide bonds. The molecular formula is C11H6ClN4. The Morgan fingerprint density at radius 3 is 2.75 bits per heavy atom. The van der Waals surface area contributed by atoms with E-state index in [2.05, 4.69) is 21.4 Å². The van der Waals surface area contributed by atoms with Crippen LogP contribution in [0.1, 0.15) is 0 Å². The Labute approximate surface area is 96.5 Å². The Kier molecular flexibility index (Phi) is 2.08. The van der Waals surface area contributed by atoms with Crippen molar-refractivity contribution in [2.24, 2.45) is 0 Å². The molecule has 0 spiro atoms. The van der Waals surface area contributed by atoms with Crippen molar-refractivity contribution in [2.75, 3.05) is 0 Å². The van der Waals surface area contributed by atoms with E-state index in [0.29, 0.717) is 16.6 Å². The van der Waals surface area contributed by atoms with Gasteiger partial charge in [0, 0.05) is 11.6 Å². The van der Waals surface area contributed by atoms with E-state index in [0.717, 1.165) is 5.56 Å². The van der Waals surface area contributed by atoms with Crippen molar-refractivity contribution >= 4 is 17.2 Å². The highest BCUT2D eigenvalue weighted by Crippen LogP contribution is 2.17. The summed E-state index contributed by atoms with van der Waals surface area (Å²) in [6.07, 6.45) is 0. The van der Waals surface area contributed by atoms with Gasteiger partial charge < -0.3 is 0 Å². The Morgan fingerprint density at radius 2 is 1.94 bits per heavy atom. The van der Waals surface area contributed by atoms with Crippen molar-refractivity contribution in [1.82, 2.24) is 19.8 Å². The van der Waals surface area contributed by atoms with Crippen molar-refractivity contribution < 1.29 is 0 Å². The molecule has 2 aromatic heterocycles. The summed E-state index contributed by atoms with van der Waals surface area (Å²) in [6, 6.07) is 14.1. The molecule has 0 bridgehead atoms. The first kappa shape index (κ1) is 9.30. The summed E-state index contributed by atoms with van der Waals surface area (Å²) in [4.78, 5) is 0. The zero-order valence-corrected chi connectivity index (χ0v) is 8.89. The minimum absolute atomic E-state index is 0.296. The first-order valence-corrected chi connectivity index (χ1v) is 5.07. The third-order valence-electron chi connectivity index (χ3n) is 2.20. The lowest BCUT2D eigenvalue weighted by molar-refractivity contribution is 0.935. The fourth-order valence-corrected chi connectivity index (χ4v) is 1.62. The fourth-order valence-electron chi connectivity index (χ4n) is 1.49. The van der Waals surface area contributed by atoms with Crippen molar-refractivity contribution in [3.63, 3.8) is 0 Å². The zero-order valence-electron chi connectivity index (χ0n) is 8.13. The Hall–Kier alpha value is -1.94. The SMILES string of the molecule is Clc1[c]cc2nnc(-c3ccccc3)n2n1. The van der Waals surface area contributed by atoms with Gasteiger partial charge in [-0.05, 0) is 6.07 Å². The molecule has 0 aliphatic heterocycles. The molecule has 77 valence electrons. The normalized spacial score (nSPS) is 10.8. The van der Waals surface area contributed by atoms with E-state index in [-0.39, 0.29) is 0 Å². The molecule has 0 atom stereocenters. The first-order valence-electron chi connectivity index (χ1n) is 4.70. The van der Waals surface area contributed by atoms with E-state index in [4.69, 9.17) is 11.6 Å². The van der Waals surface area contributed by atoms with Gasteiger partial charge in [0.15, 0.2) is 16.6 Å². The lowest BCUT2D eigenvalue weighted by Gasteiger charge is -1.98. The van der Waals surface area contributed by atoms with Crippen LogP contribution in [-0.2, 0) is 0 Å². The van der Waals surface area contributed by atoms with Gasteiger partial charge in [0.2, 0.25) is 0 Å². The van der Waals surface area contributed by atoms with E-state index in [9.17, 15) is 0 Å². The number of aromatic nitrogens is 4. The van der Waals surface area contributed by atoms with E-state index in [1.54, 1.807) is 10.6 Å². The van der Waals surface area contributed by atoms with Crippen LogP contribution < -0.4 is 0 Å². The van der Waals surface area contributed by atoms with Crippen LogP contribution in [0.25, 0.3) is 17.0 Å². The van der Waals surface area contributed by atoms with Crippen LogP contribution in [0.3, 0.4) is 0 Å². The molecule has 3 rings (SSSR count). The average molecular weight is 230 g/mol. The van der Waals surface area contributed by atoms with Crippen LogP contribution in [0.15, 0.2) is 36.4 Å². The highest BCUT2D eigenvalue weighted by Gasteiger charge is 2.08. The molecular weight excluding hydrogens is 224 g/mol. The molecule has 1 radical (unpaired) electrons. The predicted octanol–water partition coefficient (Wildman–Crippen LogP) is 2.24. The molecule has 0 unspecified atom stereocenters. The maximum absolute atomic E-state index is 5.79. The first-order chi connectivity index (χ1) is 7.84. The molecule has 4 nitrogen and oxygen atoms in total. The Morgan fingerprint density at radius 1 is 1.12 bits per heavy atom. The van der Waals surface area contributed by atoms with Crippen LogP contribution >= 0.6 is 11.6 Å². The van der Waals surface area contributed by atoms with Crippen molar-refractivity contribution in [2.45, 2.75) is 0 Å². The van der Waals surface area contributed by atoms with Gasteiger partial charge in [-0.1, -0.05) is 41.9 Å². The number of rotatable bonds is 1. The Balaban J connectivity index is 2.29. The molecule has 0 aliphatic carbocycles. The second-order valence-corrected chi connectivity index (χ2v) is 3.60. The lowest BCUT2D eigenvalue weighted by atomic mass is 10.2. The van der Waals surface area contributed by atoms with E-state index < -0.39 is 0 Å². The molecule has 2 heterocycles. The largest absolute Gasteiger partial charge is 0.191 e. The minimum atomic E-state index is 0.296. The number of hydrogen-bond acceptors (Lipinski definition) is 3. The molecule has 0 fully saturated rings. The van der Waals surface area contributed by atoms with Gasteiger partial charge in [0.05, 0.1) is 0 Å². The number of hydrogen-bond donors (Lipinski definition) is 0. The Bertz CT molecular complexity index is 633. The van der Waals surface area contributed by atoms with Crippen molar-refractivity contribution in [3.05, 3.63) is 47.6 Å². The van der Waals surface area contributed by atoms with Crippen LogP contribution in [0.2, 0.25) is 5.15 Å². The van der Waals surface area contributed by atoms with E-state index >= 15 is 0 Å². The summed E-state index contributed by atoms with van der Waals surface area (Å²) in [7, 11) is 0. The van der Waals surface area contributed by atoms with Crippen LogP contribution in [0.5, 0.6) is 0 Å². The molecule has 0 saturated carbocycles. The van der Waals surface area contributed by atoms with Crippen LogP contribution in [0.4, 0.5) is 0 Å². The average Bonchev–Trinajstić information content (AvgIpc) is 2.73. The summed E-state index contributed by atoms with van der Waals surface area (Å²) >= 11 is 5.79. The molecule has 1 aromatic carbocycles. The van der Waals surface area contributed by atoms with Gasteiger partial charge in [-0.3, -0.25) is 0 Å². The van der Waals surface area contributed by atoms with Gasteiger partial charge in [-0.15, -0.1) is 10.2 Å². The number of halogens is 1. The van der Waals surface area contributed by atoms with E-state index in [1.165, 1.54) is 0 Å². The zero-order chi connectivity index (χ0) is 11.0. The number of nitrogens with zero attached hydrogens (tertiary/aromatic N) is 4. The molecule has 16 heavy (non-hydrogen) atoms. The second-order valence-electron chi connectivity index (χ2n) is 3.24. The molecule has 5 heteroatoms. The maximum atomic E-state index is 5.79. The van der Waals surface area contributed by atoms with Crippen LogP contribution in [0, 0.1) is 6.07 Å². The standard InChI is InChI=1S/C11H6ClN4/c12-9-6-7-10-13-14-11(16(10)15-9)8-4-2-1-3-5-8/h1-5,7H. The summed E-state index contributed by atoms with van der Waals surface area (Å²) in [5.41, 5.74) is 1.58. The molecule has 0 aliphatic rings. The molecule has 0 saturated heterocycles. The van der Waals surface area contributed by atoms with Gasteiger partial charge in [-0.25, -0.2) is 0 Å². The smallest absolute Gasteiger partial charge is 0.185 e. The van der Waals surface area contributed by atoms with Gasteiger partial charge in [0.1, 0.15) is 0 Å². The predicted molar refractivity (Wildman–Crippen MR) is 60.1 cm³/mol. The quantitative estimate of drug-likeness (QED) is 0.643. The monoisotopic (exact) mass is 229 g/mol.